The molecule has 1 aromatic rings. The molecule has 0 saturated heterocycles. The zero-order chi connectivity index (χ0) is 8.55. The van der Waals surface area contributed by atoms with Crippen LogP contribution >= 0.6 is 0 Å². The first kappa shape index (κ1) is 7.87. The molecule has 1 aromatic heterocycles. The van der Waals surface area contributed by atoms with Crippen LogP contribution in [0.3, 0.4) is 0 Å². The first-order valence-corrected chi connectivity index (χ1v) is 4.65. The fourth-order valence-electron chi connectivity index (χ4n) is 1.45. The molecule has 66 valence electrons. The van der Waals surface area contributed by atoms with E-state index in [1.807, 2.05) is 12.1 Å². The lowest BCUT2D eigenvalue weighted by atomic mass is 10.1. The first-order valence-electron chi connectivity index (χ1n) is 4.65. The molecule has 0 aliphatic heterocycles. The molecular formula is C10H15NO. The minimum Gasteiger partial charge on any atom is -0.464 e. The number of furan rings is 1. The van der Waals surface area contributed by atoms with Crippen LogP contribution in [0.4, 0.5) is 0 Å². The van der Waals surface area contributed by atoms with Gasteiger partial charge < -0.3 is 10.2 Å². The average molecular weight is 165 g/mol. The molecule has 0 aromatic carbocycles. The molecule has 0 amide bonds. The SMILES string of the molecule is CCc1ccc([C@H](N)C2CC2)o1. The van der Waals surface area contributed by atoms with Crippen molar-refractivity contribution in [3.05, 3.63) is 23.7 Å². The minimum absolute atomic E-state index is 0.144. The number of aryl methyl sites for hydroxylation is 1. The van der Waals surface area contributed by atoms with Gasteiger partial charge in [0, 0.05) is 6.42 Å². The maximum Gasteiger partial charge on any atom is 0.121 e. The standard InChI is InChI=1S/C10H15NO/c1-2-8-5-6-9(12-8)10(11)7-3-4-7/h5-7,10H,2-4,11H2,1H3/t10-/m1/s1. The highest BCUT2D eigenvalue weighted by molar-refractivity contribution is 5.12. The van der Waals surface area contributed by atoms with E-state index in [-0.39, 0.29) is 6.04 Å². The van der Waals surface area contributed by atoms with Crippen molar-refractivity contribution in [1.29, 1.82) is 0 Å². The van der Waals surface area contributed by atoms with Gasteiger partial charge in [-0.15, -0.1) is 0 Å². The highest BCUT2D eigenvalue weighted by Gasteiger charge is 2.31. The zero-order valence-electron chi connectivity index (χ0n) is 7.42. The molecule has 2 rings (SSSR count). The van der Waals surface area contributed by atoms with Crippen molar-refractivity contribution in [1.82, 2.24) is 0 Å². The number of hydrogen-bond donors (Lipinski definition) is 1. The van der Waals surface area contributed by atoms with Crippen LogP contribution in [0.2, 0.25) is 0 Å². The van der Waals surface area contributed by atoms with Gasteiger partial charge in [0.2, 0.25) is 0 Å². The van der Waals surface area contributed by atoms with E-state index in [2.05, 4.69) is 6.92 Å². The molecule has 12 heavy (non-hydrogen) atoms. The predicted octanol–water partition coefficient (Wildman–Crippen LogP) is 2.25. The van der Waals surface area contributed by atoms with Crippen LogP contribution in [0.5, 0.6) is 0 Å². The number of hydrogen-bond acceptors (Lipinski definition) is 2. The summed E-state index contributed by atoms with van der Waals surface area (Å²) >= 11 is 0. The van der Waals surface area contributed by atoms with Crippen LogP contribution in [-0.2, 0) is 6.42 Å². The van der Waals surface area contributed by atoms with E-state index < -0.39 is 0 Å². The van der Waals surface area contributed by atoms with Crippen molar-refractivity contribution in [3.8, 4) is 0 Å². The maximum absolute atomic E-state index is 5.97. The Morgan fingerprint density at radius 2 is 2.33 bits per heavy atom. The van der Waals surface area contributed by atoms with Crippen molar-refractivity contribution in [2.45, 2.75) is 32.2 Å². The van der Waals surface area contributed by atoms with Gasteiger partial charge in [0.15, 0.2) is 0 Å². The molecule has 0 radical (unpaired) electrons. The molecule has 1 atom stereocenters. The minimum atomic E-state index is 0.144. The van der Waals surface area contributed by atoms with Crippen molar-refractivity contribution in [3.63, 3.8) is 0 Å². The van der Waals surface area contributed by atoms with Gasteiger partial charge in [-0.05, 0) is 30.9 Å². The molecule has 0 spiro atoms. The topological polar surface area (TPSA) is 39.2 Å². The molecule has 1 heterocycles. The van der Waals surface area contributed by atoms with Crippen LogP contribution in [0.15, 0.2) is 16.5 Å². The predicted molar refractivity (Wildman–Crippen MR) is 47.7 cm³/mol. The summed E-state index contributed by atoms with van der Waals surface area (Å²) in [7, 11) is 0. The Balaban J connectivity index is 2.10. The lowest BCUT2D eigenvalue weighted by molar-refractivity contribution is 0.417. The molecule has 2 heteroatoms. The zero-order valence-corrected chi connectivity index (χ0v) is 7.42. The van der Waals surface area contributed by atoms with Crippen LogP contribution in [-0.4, -0.2) is 0 Å². The largest absolute Gasteiger partial charge is 0.464 e. The van der Waals surface area contributed by atoms with Gasteiger partial charge in [-0.1, -0.05) is 6.92 Å². The highest BCUT2D eigenvalue weighted by Crippen LogP contribution is 2.39. The van der Waals surface area contributed by atoms with Gasteiger partial charge in [0.05, 0.1) is 6.04 Å². The van der Waals surface area contributed by atoms with E-state index >= 15 is 0 Å². The fraction of sp³-hybridized carbons (Fsp3) is 0.600. The summed E-state index contributed by atoms with van der Waals surface area (Å²) < 4.78 is 5.57. The van der Waals surface area contributed by atoms with E-state index in [4.69, 9.17) is 10.2 Å². The molecule has 0 unspecified atom stereocenters. The Bertz CT molecular complexity index is 263. The normalized spacial score (nSPS) is 19.5. The van der Waals surface area contributed by atoms with E-state index in [1.54, 1.807) is 0 Å². The van der Waals surface area contributed by atoms with Crippen LogP contribution in [0, 0.1) is 5.92 Å². The second-order valence-corrected chi connectivity index (χ2v) is 3.52. The van der Waals surface area contributed by atoms with Crippen LogP contribution in [0.25, 0.3) is 0 Å². The van der Waals surface area contributed by atoms with Crippen LogP contribution in [0.1, 0.15) is 37.3 Å². The lowest BCUT2D eigenvalue weighted by Crippen LogP contribution is -2.10. The number of rotatable bonds is 3. The van der Waals surface area contributed by atoms with E-state index in [9.17, 15) is 0 Å². The molecule has 1 saturated carbocycles. The number of nitrogens with two attached hydrogens (primary N) is 1. The highest BCUT2D eigenvalue weighted by atomic mass is 16.3. The third-order valence-corrected chi connectivity index (χ3v) is 2.49. The van der Waals surface area contributed by atoms with E-state index in [0.29, 0.717) is 5.92 Å². The molecule has 0 bridgehead atoms. The second kappa shape index (κ2) is 2.94. The van der Waals surface area contributed by atoms with Crippen molar-refractivity contribution >= 4 is 0 Å². The Hall–Kier alpha value is -0.760. The Morgan fingerprint density at radius 1 is 1.58 bits per heavy atom. The molecule has 1 fully saturated rings. The fourth-order valence-corrected chi connectivity index (χ4v) is 1.45. The van der Waals surface area contributed by atoms with E-state index in [0.717, 1.165) is 17.9 Å². The summed E-state index contributed by atoms with van der Waals surface area (Å²) in [4.78, 5) is 0. The average Bonchev–Trinajstić information content (AvgIpc) is 2.82. The van der Waals surface area contributed by atoms with Gasteiger partial charge in [-0.3, -0.25) is 0 Å². The molecule has 1 aliphatic carbocycles. The second-order valence-electron chi connectivity index (χ2n) is 3.52. The van der Waals surface area contributed by atoms with Gasteiger partial charge in [0.1, 0.15) is 11.5 Å². The first-order chi connectivity index (χ1) is 5.81. The van der Waals surface area contributed by atoms with Gasteiger partial charge >= 0.3 is 0 Å². The Morgan fingerprint density at radius 3 is 2.83 bits per heavy atom. The summed E-state index contributed by atoms with van der Waals surface area (Å²) in [6.07, 6.45) is 3.49. The molecule has 1 aliphatic rings. The summed E-state index contributed by atoms with van der Waals surface area (Å²) in [5.74, 6) is 2.69. The molecule has 2 nitrogen and oxygen atoms in total. The third kappa shape index (κ3) is 1.39. The quantitative estimate of drug-likeness (QED) is 0.746. The third-order valence-electron chi connectivity index (χ3n) is 2.49. The summed E-state index contributed by atoms with van der Waals surface area (Å²) in [5.41, 5.74) is 5.97. The summed E-state index contributed by atoms with van der Waals surface area (Å²) in [6.45, 7) is 2.09. The lowest BCUT2D eigenvalue weighted by Gasteiger charge is -2.05. The smallest absolute Gasteiger partial charge is 0.121 e. The Labute approximate surface area is 72.7 Å². The molecule has 2 N–H and O–H groups in total. The maximum atomic E-state index is 5.97. The summed E-state index contributed by atoms with van der Waals surface area (Å²) in [5, 5.41) is 0. The summed E-state index contributed by atoms with van der Waals surface area (Å²) in [6, 6.07) is 4.18. The van der Waals surface area contributed by atoms with E-state index in [1.165, 1.54) is 12.8 Å². The van der Waals surface area contributed by atoms with Gasteiger partial charge in [-0.25, -0.2) is 0 Å². The van der Waals surface area contributed by atoms with Crippen molar-refractivity contribution in [2.24, 2.45) is 11.7 Å². The molecular weight excluding hydrogens is 150 g/mol. The monoisotopic (exact) mass is 165 g/mol. The van der Waals surface area contributed by atoms with Gasteiger partial charge in [0.25, 0.3) is 0 Å². The Kier molecular flexibility index (Phi) is 1.93. The van der Waals surface area contributed by atoms with Gasteiger partial charge in [-0.2, -0.15) is 0 Å². The van der Waals surface area contributed by atoms with Crippen LogP contribution < -0.4 is 5.73 Å². The van der Waals surface area contributed by atoms with Crippen molar-refractivity contribution < 1.29 is 4.42 Å². The van der Waals surface area contributed by atoms with Crippen molar-refractivity contribution in [2.75, 3.05) is 0 Å².